The van der Waals surface area contributed by atoms with Crippen molar-refractivity contribution >= 4 is 34.3 Å². The van der Waals surface area contributed by atoms with Gasteiger partial charge in [0.05, 0.1) is 19.9 Å². The fourth-order valence-corrected chi connectivity index (χ4v) is 3.90. The highest BCUT2D eigenvalue weighted by Crippen LogP contribution is 2.35. The van der Waals surface area contributed by atoms with Crippen molar-refractivity contribution in [2.45, 2.75) is 25.7 Å². The van der Waals surface area contributed by atoms with Crippen LogP contribution in [0.25, 0.3) is 11.3 Å². The zero-order valence-corrected chi connectivity index (χ0v) is 18.3. The van der Waals surface area contributed by atoms with Gasteiger partial charge in [-0.05, 0) is 31.0 Å². The van der Waals surface area contributed by atoms with Crippen LogP contribution in [0.2, 0.25) is 0 Å². The van der Waals surface area contributed by atoms with E-state index in [-0.39, 0.29) is 12.5 Å². The fraction of sp³-hybridized carbons (Fsp3) is 0.429. The highest BCUT2D eigenvalue weighted by molar-refractivity contribution is 7.14. The fourth-order valence-electron chi connectivity index (χ4n) is 3.18. The summed E-state index contributed by atoms with van der Waals surface area (Å²) in [6.45, 7) is -0.0445. The zero-order valence-electron chi connectivity index (χ0n) is 17.5. The van der Waals surface area contributed by atoms with Crippen molar-refractivity contribution in [1.82, 2.24) is 9.88 Å². The Bertz CT molecular complexity index is 945. The summed E-state index contributed by atoms with van der Waals surface area (Å²) < 4.78 is 15.6. The summed E-state index contributed by atoms with van der Waals surface area (Å²) in [7, 11) is 3.14. The number of rotatable bonds is 8. The summed E-state index contributed by atoms with van der Waals surface area (Å²) in [6.07, 6.45) is 3.11. The Morgan fingerprint density at radius 2 is 2.03 bits per heavy atom. The van der Waals surface area contributed by atoms with E-state index < -0.39 is 18.5 Å². The molecule has 1 N–H and O–H groups in total. The van der Waals surface area contributed by atoms with Crippen LogP contribution >= 0.6 is 11.3 Å². The first-order chi connectivity index (χ1) is 15.0. The first-order valence-electron chi connectivity index (χ1n) is 9.91. The van der Waals surface area contributed by atoms with Crippen LogP contribution in [0.5, 0.6) is 11.5 Å². The highest BCUT2D eigenvalue weighted by atomic mass is 32.1. The van der Waals surface area contributed by atoms with Gasteiger partial charge < -0.3 is 19.1 Å². The van der Waals surface area contributed by atoms with Crippen molar-refractivity contribution in [3.05, 3.63) is 23.6 Å². The van der Waals surface area contributed by atoms with Crippen LogP contribution in [-0.4, -0.2) is 61.6 Å². The predicted molar refractivity (Wildman–Crippen MR) is 115 cm³/mol. The van der Waals surface area contributed by atoms with E-state index in [2.05, 4.69) is 10.3 Å². The molecule has 2 amide bonds. The number of aromatic nitrogens is 1. The van der Waals surface area contributed by atoms with Crippen LogP contribution in [0, 0.1) is 0 Å². The van der Waals surface area contributed by atoms with E-state index >= 15 is 0 Å². The number of nitrogens with one attached hydrogen (secondary N) is 1. The van der Waals surface area contributed by atoms with Crippen molar-refractivity contribution in [3.8, 4) is 22.8 Å². The third kappa shape index (κ3) is 6.17. The maximum Gasteiger partial charge on any atom is 0.326 e. The molecule has 2 heterocycles. The smallest absolute Gasteiger partial charge is 0.326 e. The molecule has 0 radical (unpaired) electrons. The number of hydrogen-bond acceptors (Lipinski definition) is 8. The van der Waals surface area contributed by atoms with Crippen LogP contribution in [-0.2, 0) is 19.1 Å². The van der Waals surface area contributed by atoms with Crippen LogP contribution in [0.4, 0.5) is 5.13 Å². The van der Waals surface area contributed by atoms with Gasteiger partial charge in [-0.15, -0.1) is 11.3 Å². The molecule has 1 aromatic carbocycles. The Labute approximate surface area is 184 Å². The number of likely N-dealkylation sites (tertiary alicyclic amines) is 1. The van der Waals surface area contributed by atoms with Crippen LogP contribution in [0.15, 0.2) is 23.6 Å². The summed E-state index contributed by atoms with van der Waals surface area (Å²) in [5, 5.41) is 4.76. The molecule has 3 rings (SSSR count). The van der Waals surface area contributed by atoms with E-state index in [9.17, 15) is 14.4 Å². The van der Waals surface area contributed by atoms with E-state index in [0.717, 1.165) is 24.8 Å². The van der Waals surface area contributed by atoms with E-state index in [0.29, 0.717) is 35.3 Å². The van der Waals surface area contributed by atoms with Crippen molar-refractivity contribution in [2.24, 2.45) is 0 Å². The third-order valence-electron chi connectivity index (χ3n) is 4.79. The zero-order chi connectivity index (χ0) is 22.2. The summed E-state index contributed by atoms with van der Waals surface area (Å²) in [5.74, 6) is 0.118. The minimum absolute atomic E-state index is 0.0535. The Hall–Kier alpha value is -3.14. The van der Waals surface area contributed by atoms with E-state index in [1.54, 1.807) is 37.8 Å². The molecule has 1 fully saturated rings. The number of hydrogen-bond donors (Lipinski definition) is 1. The van der Waals surface area contributed by atoms with Crippen LogP contribution in [0.3, 0.4) is 0 Å². The molecule has 2 aromatic rings. The first kappa shape index (κ1) is 22.5. The number of amides is 2. The number of thiazole rings is 1. The second-order valence-electron chi connectivity index (χ2n) is 6.94. The number of carbonyl (C=O) groups excluding carboxylic acids is 3. The SMILES string of the molecule is COc1ccc(OC)c(-c2csc(NC(=O)COC(=O)CN3CCCCCC3=O)n2)c1. The summed E-state index contributed by atoms with van der Waals surface area (Å²) in [6, 6.07) is 5.36. The monoisotopic (exact) mass is 447 g/mol. The molecule has 0 saturated carbocycles. The highest BCUT2D eigenvalue weighted by Gasteiger charge is 2.20. The number of ether oxygens (including phenoxy) is 3. The number of methoxy groups -OCH3 is 2. The van der Waals surface area contributed by atoms with Gasteiger partial charge in [0.2, 0.25) is 5.91 Å². The molecule has 0 spiro atoms. The second-order valence-corrected chi connectivity index (χ2v) is 7.80. The quantitative estimate of drug-likeness (QED) is 0.620. The van der Waals surface area contributed by atoms with Crippen LogP contribution in [0.1, 0.15) is 25.7 Å². The summed E-state index contributed by atoms with van der Waals surface area (Å²) in [5.41, 5.74) is 1.35. The van der Waals surface area contributed by atoms with Gasteiger partial charge in [0.1, 0.15) is 18.0 Å². The lowest BCUT2D eigenvalue weighted by Gasteiger charge is -2.19. The van der Waals surface area contributed by atoms with Gasteiger partial charge in [-0.1, -0.05) is 6.42 Å². The largest absolute Gasteiger partial charge is 0.497 e. The van der Waals surface area contributed by atoms with Crippen molar-refractivity contribution in [1.29, 1.82) is 0 Å². The summed E-state index contributed by atoms with van der Waals surface area (Å²) in [4.78, 5) is 42.0. The molecule has 9 nitrogen and oxygen atoms in total. The molecule has 1 aromatic heterocycles. The molecular formula is C21H25N3O6S. The third-order valence-corrected chi connectivity index (χ3v) is 5.55. The minimum atomic E-state index is -0.605. The van der Waals surface area contributed by atoms with Crippen molar-refractivity contribution in [3.63, 3.8) is 0 Å². The average Bonchev–Trinajstić information content (AvgIpc) is 3.14. The molecule has 0 aliphatic carbocycles. The van der Waals surface area contributed by atoms with Gasteiger partial charge in [0.15, 0.2) is 11.7 Å². The van der Waals surface area contributed by atoms with E-state index in [4.69, 9.17) is 14.2 Å². The topological polar surface area (TPSA) is 107 Å². The Balaban J connectivity index is 1.53. The van der Waals surface area contributed by atoms with Crippen LogP contribution < -0.4 is 14.8 Å². The maximum absolute atomic E-state index is 12.2. The molecule has 10 heteroatoms. The minimum Gasteiger partial charge on any atom is -0.497 e. The van der Waals surface area contributed by atoms with Gasteiger partial charge in [-0.3, -0.25) is 19.7 Å². The number of anilines is 1. The second kappa shape index (κ2) is 10.8. The molecular weight excluding hydrogens is 422 g/mol. The van der Waals surface area contributed by atoms with E-state index in [1.165, 1.54) is 16.2 Å². The maximum atomic E-state index is 12.2. The molecule has 1 saturated heterocycles. The number of esters is 1. The Morgan fingerprint density at radius 3 is 2.81 bits per heavy atom. The molecule has 0 bridgehead atoms. The molecule has 0 unspecified atom stereocenters. The molecule has 166 valence electrons. The number of nitrogens with zero attached hydrogens (tertiary/aromatic N) is 2. The van der Waals surface area contributed by atoms with Gasteiger partial charge >= 0.3 is 5.97 Å². The van der Waals surface area contributed by atoms with Gasteiger partial charge in [0, 0.05) is 23.9 Å². The van der Waals surface area contributed by atoms with Gasteiger partial charge in [-0.25, -0.2) is 4.98 Å². The molecule has 0 atom stereocenters. The Morgan fingerprint density at radius 1 is 1.19 bits per heavy atom. The van der Waals surface area contributed by atoms with Crippen molar-refractivity contribution in [2.75, 3.05) is 39.2 Å². The average molecular weight is 448 g/mol. The number of benzene rings is 1. The lowest BCUT2D eigenvalue weighted by atomic mass is 10.1. The lowest BCUT2D eigenvalue weighted by molar-refractivity contribution is -0.151. The lowest BCUT2D eigenvalue weighted by Crippen LogP contribution is -2.36. The molecule has 1 aliphatic heterocycles. The van der Waals surface area contributed by atoms with Crippen molar-refractivity contribution < 1.29 is 28.6 Å². The predicted octanol–water partition coefficient (Wildman–Crippen LogP) is 2.71. The number of carbonyl (C=O) groups is 3. The molecule has 1 aliphatic rings. The Kier molecular flexibility index (Phi) is 7.82. The van der Waals surface area contributed by atoms with Gasteiger partial charge in [-0.2, -0.15) is 0 Å². The normalized spacial score (nSPS) is 14.0. The van der Waals surface area contributed by atoms with Gasteiger partial charge in [0.25, 0.3) is 5.91 Å². The van der Waals surface area contributed by atoms with E-state index in [1.807, 2.05) is 0 Å². The molecule has 31 heavy (non-hydrogen) atoms. The standard InChI is InChI=1S/C21H25N3O6S/c1-28-14-7-8-17(29-2)15(10-14)16-13-31-21(22-16)23-18(25)12-30-20(27)11-24-9-5-3-4-6-19(24)26/h7-8,10,13H,3-6,9,11-12H2,1-2H3,(H,22,23,25). The first-order valence-corrected chi connectivity index (χ1v) is 10.8. The summed E-state index contributed by atoms with van der Waals surface area (Å²) >= 11 is 1.24.